The Morgan fingerprint density at radius 2 is 1.12 bits per heavy atom. The number of nitrogens with zero attached hydrogens (tertiary/aromatic N) is 4. The number of carbonyl (C=O) groups excluding carboxylic acids is 2. The zero-order valence-electron chi connectivity index (χ0n) is 37.1. The lowest BCUT2D eigenvalue weighted by Gasteiger charge is -2.38. The lowest BCUT2D eigenvalue weighted by molar-refractivity contribution is 0.103. The summed E-state index contributed by atoms with van der Waals surface area (Å²) in [5, 5.41) is 20.4. The van der Waals surface area contributed by atoms with Crippen molar-refractivity contribution in [1.82, 2.24) is 0 Å². The quantitative estimate of drug-likeness (QED) is 0.117. The molecule has 0 radical (unpaired) electrons. The van der Waals surface area contributed by atoms with Crippen molar-refractivity contribution in [2.45, 2.75) is 125 Å². The fraction of sp³-hybridized carbons (Fsp3) is 0.333. The van der Waals surface area contributed by atoms with Crippen LogP contribution in [0.3, 0.4) is 0 Å². The predicted molar refractivity (Wildman–Crippen MR) is 257 cm³/mol. The molecule has 12 rings (SSSR count). The summed E-state index contributed by atoms with van der Waals surface area (Å²) in [5.74, 6) is -0.780. The number of nitriles is 2. The summed E-state index contributed by atoms with van der Waals surface area (Å²) in [6, 6.07) is 28.4. The third-order valence-electron chi connectivity index (χ3n) is 17.3. The molecule has 0 aromatic heterocycles. The van der Waals surface area contributed by atoms with Crippen molar-refractivity contribution in [3.63, 3.8) is 0 Å². The molecule has 320 valence electrons. The molecule has 0 bridgehead atoms. The van der Waals surface area contributed by atoms with Crippen molar-refractivity contribution in [2.24, 2.45) is 0 Å². The van der Waals surface area contributed by atoms with Gasteiger partial charge in [-0.2, -0.15) is 5.26 Å². The number of hydrogen-bond donors (Lipinski definition) is 0. The SMILES string of the molecule is [C-]#[N+]C(C#N)=C1/C(=C/C2=Cc3cc4c(cc3C23CCCCC3)-c2cc3c(cc2C42CCCCC2)C=C(/C=C2\C(=O)c4ccccc4C2C(C#N)[N+]#[C-])C32CCCCC2)C(=O)c2ccccc21. The molecule has 0 heterocycles. The molecule has 0 amide bonds. The van der Waals surface area contributed by atoms with E-state index in [2.05, 4.69) is 70.4 Å². The first-order valence-electron chi connectivity index (χ1n) is 24.1. The lowest BCUT2D eigenvalue weighted by atomic mass is 9.65. The maximum atomic E-state index is 14.3. The van der Waals surface area contributed by atoms with E-state index in [1.807, 2.05) is 48.5 Å². The molecular formula is C60H48N4O2. The number of hydrogen-bond acceptors (Lipinski definition) is 4. The van der Waals surface area contributed by atoms with Gasteiger partial charge in [-0.25, -0.2) is 16.7 Å². The van der Waals surface area contributed by atoms with Crippen molar-refractivity contribution in [3.05, 3.63) is 191 Å². The third-order valence-corrected chi connectivity index (χ3v) is 17.3. The number of benzene rings is 4. The number of carbonyl (C=O) groups is 2. The Morgan fingerprint density at radius 1 is 0.606 bits per heavy atom. The average molecular weight is 857 g/mol. The molecule has 4 aromatic rings. The topological polar surface area (TPSA) is 90.4 Å². The molecule has 3 saturated carbocycles. The summed E-state index contributed by atoms with van der Waals surface area (Å²) in [6.07, 6.45) is 25.2. The van der Waals surface area contributed by atoms with Gasteiger partial charge in [0.25, 0.3) is 5.70 Å². The molecule has 0 saturated heterocycles. The van der Waals surface area contributed by atoms with E-state index in [0.717, 1.165) is 100 Å². The zero-order chi connectivity index (χ0) is 45.0. The standard InChI is InChI=1S/C60H48N4O2/c1-63-52(34-61)54-40-16-6-8-18-42(40)56(65)46(54)30-38-26-36-28-50-44(32-48(36)58(38)20-10-3-11-21-58)45-33-49-37(29-51(45)60(50)24-14-5-15-25-60)27-39(59(49)22-12-4-13-23-59)31-47-55(53(35-62)64-2)41-17-7-9-19-43(41)57(47)66/h6-9,16-19,26-33,52,54H,3-5,10-15,20-25H2/b46-30-,47-31-,55-53?. The van der Waals surface area contributed by atoms with Gasteiger partial charge in [0.1, 0.15) is 5.92 Å². The van der Waals surface area contributed by atoms with Gasteiger partial charge in [-0.3, -0.25) is 14.4 Å². The Morgan fingerprint density at radius 3 is 1.65 bits per heavy atom. The Balaban J connectivity index is 1.02. The number of Topliss-reactive ketones (excluding diaryl/α,β-unsaturated/α-hetero) is 2. The Hall–Kier alpha value is -7.12. The molecule has 6 heteroatoms. The number of allylic oxidation sites excluding steroid dienone is 7. The molecule has 3 fully saturated rings. The maximum absolute atomic E-state index is 14.3. The maximum Gasteiger partial charge on any atom is 0.318 e. The van der Waals surface area contributed by atoms with E-state index >= 15 is 0 Å². The molecule has 6 nitrogen and oxygen atoms in total. The molecular weight excluding hydrogens is 809 g/mol. The molecule has 0 aliphatic heterocycles. The lowest BCUT2D eigenvalue weighted by Crippen LogP contribution is -2.30. The van der Waals surface area contributed by atoms with Crippen LogP contribution >= 0.6 is 0 Å². The molecule has 2 unspecified atom stereocenters. The monoisotopic (exact) mass is 856 g/mol. The van der Waals surface area contributed by atoms with Crippen molar-refractivity contribution in [3.8, 4) is 23.3 Å². The zero-order valence-corrected chi connectivity index (χ0v) is 37.1. The summed E-state index contributed by atoms with van der Waals surface area (Å²) >= 11 is 0. The minimum atomic E-state index is -0.982. The van der Waals surface area contributed by atoms with E-state index in [0.29, 0.717) is 33.4 Å². The van der Waals surface area contributed by atoms with Crippen LogP contribution in [-0.4, -0.2) is 17.6 Å². The minimum Gasteiger partial charge on any atom is -0.296 e. The van der Waals surface area contributed by atoms with Crippen LogP contribution in [0.5, 0.6) is 0 Å². The summed E-state index contributed by atoms with van der Waals surface area (Å²) in [7, 11) is 0. The third kappa shape index (κ3) is 5.43. The molecule has 8 aliphatic rings. The number of rotatable bonds is 3. The highest BCUT2D eigenvalue weighted by Gasteiger charge is 2.51. The van der Waals surface area contributed by atoms with Gasteiger partial charge in [-0.05, 0) is 142 Å². The van der Waals surface area contributed by atoms with E-state index in [4.69, 9.17) is 13.1 Å². The minimum absolute atomic E-state index is 0.0465. The van der Waals surface area contributed by atoms with Gasteiger partial charge >= 0.3 is 6.04 Å². The van der Waals surface area contributed by atoms with Crippen molar-refractivity contribution in [1.29, 1.82) is 10.5 Å². The van der Waals surface area contributed by atoms with Gasteiger partial charge in [0.05, 0.1) is 12.6 Å². The molecule has 66 heavy (non-hydrogen) atoms. The number of fused-ring (bicyclic) bond motifs is 11. The van der Waals surface area contributed by atoms with Crippen molar-refractivity contribution < 1.29 is 9.59 Å². The first kappa shape index (κ1) is 40.4. The summed E-state index contributed by atoms with van der Waals surface area (Å²) in [6.45, 7) is 15.9. The van der Waals surface area contributed by atoms with Crippen LogP contribution in [0.15, 0.2) is 113 Å². The molecule has 3 spiro atoms. The molecule has 2 atom stereocenters. The van der Waals surface area contributed by atoms with E-state index in [9.17, 15) is 20.1 Å². The Labute approximate surface area is 387 Å². The fourth-order valence-electron chi connectivity index (χ4n) is 14.4. The Bertz CT molecular complexity index is 3200. The van der Waals surface area contributed by atoms with Gasteiger partial charge in [0, 0.05) is 44.1 Å². The summed E-state index contributed by atoms with van der Waals surface area (Å²) in [4.78, 5) is 35.9. The summed E-state index contributed by atoms with van der Waals surface area (Å²) < 4.78 is 0. The van der Waals surface area contributed by atoms with Crippen molar-refractivity contribution >= 4 is 29.3 Å². The van der Waals surface area contributed by atoms with Gasteiger partial charge in [-0.1, -0.05) is 118 Å². The fourth-order valence-corrected chi connectivity index (χ4v) is 14.4. The van der Waals surface area contributed by atoms with Crippen LogP contribution in [0, 0.1) is 35.8 Å². The van der Waals surface area contributed by atoms with Crippen molar-refractivity contribution in [2.75, 3.05) is 0 Å². The van der Waals surface area contributed by atoms with E-state index in [1.165, 1.54) is 57.3 Å². The number of ketones is 2. The van der Waals surface area contributed by atoms with E-state index in [1.54, 1.807) is 0 Å². The van der Waals surface area contributed by atoms with E-state index < -0.39 is 12.0 Å². The van der Waals surface area contributed by atoms with Crippen LogP contribution in [-0.2, 0) is 16.2 Å². The highest BCUT2D eigenvalue weighted by Crippen LogP contribution is 2.63. The molecule has 8 aliphatic carbocycles. The summed E-state index contributed by atoms with van der Waals surface area (Å²) in [5.41, 5.74) is 16.3. The Kier molecular flexibility index (Phi) is 9.16. The second-order valence-electron chi connectivity index (χ2n) is 20.2. The van der Waals surface area contributed by atoms with E-state index in [-0.39, 0.29) is 33.5 Å². The van der Waals surface area contributed by atoms with Crippen LogP contribution < -0.4 is 0 Å². The van der Waals surface area contributed by atoms with Crippen LogP contribution in [0.4, 0.5) is 0 Å². The predicted octanol–water partition coefficient (Wildman–Crippen LogP) is 13.8. The van der Waals surface area contributed by atoms with Gasteiger partial charge in [-0.15, -0.1) is 0 Å². The first-order chi connectivity index (χ1) is 32.3. The van der Waals surface area contributed by atoms with Gasteiger partial charge in [0.2, 0.25) is 0 Å². The molecule has 4 aromatic carbocycles. The van der Waals surface area contributed by atoms with Gasteiger partial charge in [0.15, 0.2) is 17.6 Å². The second kappa shape index (κ2) is 15.0. The van der Waals surface area contributed by atoms with Crippen LogP contribution in [0.2, 0.25) is 0 Å². The largest absolute Gasteiger partial charge is 0.318 e. The first-order valence-corrected chi connectivity index (χ1v) is 24.1. The average Bonchev–Trinajstić information content (AvgIpc) is 4.07. The van der Waals surface area contributed by atoms with Crippen LogP contribution in [0.25, 0.3) is 38.5 Å². The normalized spacial score (nSPS) is 24.3. The highest BCUT2D eigenvalue weighted by atomic mass is 16.1. The second-order valence-corrected chi connectivity index (χ2v) is 20.2. The van der Waals surface area contributed by atoms with Crippen LogP contribution in [0.1, 0.15) is 167 Å². The molecule has 0 N–H and O–H groups in total. The highest BCUT2D eigenvalue weighted by molar-refractivity contribution is 6.28. The smallest absolute Gasteiger partial charge is 0.296 e. The van der Waals surface area contributed by atoms with Gasteiger partial charge < -0.3 is 0 Å².